The largest absolute Gasteiger partial charge is 0.363 e. The molecule has 14 heavy (non-hydrogen) atoms. The van der Waals surface area contributed by atoms with Crippen molar-refractivity contribution in [2.45, 2.75) is 12.0 Å². The monoisotopic (exact) mass is 196 g/mol. The van der Waals surface area contributed by atoms with E-state index in [-0.39, 0.29) is 6.61 Å². The van der Waals surface area contributed by atoms with Crippen LogP contribution in [0, 0.1) is 0 Å². The van der Waals surface area contributed by atoms with Gasteiger partial charge in [-0.05, 0) is 11.6 Å². The minimum atomic E-state index is -2.90. The van der Waals surface area contributed by atoms with Gasteiger partial charge < -0.3 is 4.74 Å². The minimum absolute atomic E-state index is 0.245. The van der Waals surface area contributed by atoms with Crippen molar-refractivity contribution in [3.63, 3.8) is 0 Å². The highest BCUT2D eigenvalue weighted by atomic mass is 19.3. The molecule has 0 amide bonds. The number of alkyl halides is 2. The fourth-order valence-corrected chi connectivity index (χ4v) is 1.50. The summed E-state index contributed by atoms with van der Waals surface area (Å²) in [6.45, 7) is 0.245. The van der Waals surface area contributed by atoms with Gasteiger partial charge in [-0.15, -0.1) is 0 Å². The fourth-order valence-electron chi connectivity index (χ4n) is 1.50. The Hall–Kier alpha value is -1.22. The maximum atomic E-state index is 13.3. The van der Waals surface area contributed by atoms with Crippen molar-refractivity contribution in [3.05, 3.63) is 48.0 Å². The van der Waals surface area contributed by atoms with E-state index in [1.54, 1.807) is 30.3 Å². The lowest BCUT2D eigenvalue weighted by molar-refractivity contribution is -0.112. The summed E-state index contributed by atoms with van der Waals surface area (Å²) in [5.74, 6) is -2.90. The molecule has 0 radical (unpaired) electrons. The minimum Gasteiger partial charge on any atom is -0.363 e. The number of benzene rings is 1. The summed E-state index contributed by atoms with van der Waals surface area (Å²) in [5, 5.41) is 0. The Morgan fingerprint density at radius 2 is 1.93 bits per heavy atom. The van der Waals surface area contributed by atoms with E-state index in [9.17, 15) is 8.78 Å². The first-order chi connectivity index (χ1) is 6.70. The van der Waals surface area contributed by atoms with Crippen LogP contribution in [-0.4, -0.2) is 12.5 Å². The van der Waals surface area contributed by atoms with Crippen LogP contribution in [0.3, 0.4) is 0 Å². The van der Waals surface area contributed by atoms with Crippen molar-refractivity contribution in [1.29, 1.82) is 0 Å². The third-order valence-electron chi connectivity index (χ3n) is 2.15. The van der Waals surface area contributed by atoms with Crippen LogP contribution in [0.25, 0.3) is 0 Å². The Bertz CT molecular complexity index is 332. The van der Waals surface area contributed by atoms with Crippen LogP contribution in [0.5, 0.6) is 0 Å². The number of rotatable bonds is 1. The molecule has 2 rings (SSSR count). The Balaban J connectivity index is 2.31. The van der Waals surface area contributed by atoms with Crippen molar-refractivity contribution >= 4 is 0 Å². The third kappa shape index (κ3) is 1.68. The maximum absolute atomic E-state index is 13.3. The van der Waals surface area contributed by atoms with Crippen LogP contribution in [0.15, 0.2) is 42.5 Å². The zero-order valence-electron chi connectivity index (χ0n) is 7.49. The summed E-state index contributed by atoms with van der Waals surface area (Å²) in [6.07, 6.45) is 1.11. The lowest BCUT2D eigenvalue weighted by atomic mass is 10.0. The molecule has 74 valence electrons. The van der Waals surface area contributed by atoms with E-state index < -0.39 is 12.0 Å². The molecule has 0 fully saturated rings. The first-order valence-corrected chi connectivity index (χ1v) is 4.42. The summed E-state index contributed by atoms with van der Waals surface area (Å²) in [5.41, 5.74) is 0.516. The summed E-state index contributed by atoms with van der Waals surface area (Å²) in [6, 6.07) is 8.55. The average Bonchev–Trinajstić information content (AvgIpc) is 2.18. The van der Waals surface area contributed by atoms with Gasteiger partial charge in [0.15, 0.2) is 6.10 Å². The molecule has 0 aliphatic carbocycles. The maximum Gasteiger partial charge on any atom is 0.296 e. The lowest BCUT2D eigenvalue weighted by Gasteiger charge is -2.27. The van der Waals surface area contributed by atoms with Crippen molar-refractivity contribution in [1.82, 2.24) is 0 Å². The summed E-state index contributed by atoms with van der Waals surface area (Å²) in [7, 11) is 0. The van der Waals surface area contributed by atoms with Crippen LogP contribution in [-0.2, 0) is 4.74 Å². The third-order valence-corrected chi connectivity index (χ3v) is 2.15. The van der Waals surface area contributed by atoms with Gasteiger partial charge >= 0.3 is 0 Å². The predicted molar refractivity (Wildman–Crippen MR) is 49.2 cm³/mol. The van der Waals surface area contributed by atoms with E-state index in [4.69, 9.17) is 4.74 Å². The van der Waals surface area contributed by atoms with Gasteiger partial charge in [-0.25, -0.2) is 0 Å². The molecule has 0 bridgehead atoms. The summed E-state index contributed by atoms with van der Waals surface area (Å²) >= 11 is 0. The molecule has 1 aromatic rings. The molecule has 0 N–H and O–H groups in total. The van der Waals surface area contributed by atoms with Crippen LogP contribution in [0.1, 0.15) is 11.7 Å². The Labute approximate surface area is 81.0 Å². The van der Waals surface area contributed by atoms with Gasteiger partial charge in [0, 0.05) is 0 Å². The molecular weight excluding hydrogens is 186 g/mol. The number of hydrogen-bond donors (Lipinski definition) is 0. The second kappa shape index (κ2) is 3.50. The lowest BCUT2D eigenvalue weighted by Crippen LogP contribution is -2.29. The number of ether oxygens (including phenoxy) is 1. The molecule has 0 saturated carbocycles. The van der Waals surface area contributed by atoms with Crippen molar-refractivity contribution in [3.8, 4) is 0 Å². The number of hydrogen-bond acceptors (Lipinski definition) is 1. The smallest absolute Gasteiger partial charge is 0.296 e. The van der Waals surface area contributed by atoms with Gasteiger partial charge in [-0.2, -0.15) is 8.78 Å². The average molecular weight is 196 g/mol. The van der Waals surface area contributed by atoms with Gasteiger partial charge in [-0.3, -0.25) is 0 Å². The van der Waals surface area contributed by atoms with E-state index in [2.05, 4.69) is 0 Å². The zero-order chi connectivity index (χ0) is 10.0. The van der Waals surface area contributed by atoms with E-state index >= 15 is 0 Å². The fraction of sp³-hybridized carbons (Fsp3) is 0.273. The second-order valence-corrected chi connectivity index (χ2v) is 3.20. The molecule has 1 unspecified atom stereocenters. The molecule has 1 heterocycles. The quantitative estimate of drug-likeness (QED) is 0.627. The first-order valence-electron chi connectivity index (χ1n) is 4.42. The highest BCUT2D eigenvalue weighted by molar-refractivity contribution is 5.23. The molecule has 3 heteroatoms. The molecule has 1 aliphatic heterocycles. The molecule has 1 aliphatic rings. The van der Waals surface area contributed by atoms with E-state index in [1.165, 1.54) is 6.08 Å². The second-order valence-electron chi connectivity index (χ2n) is 3.20. The molecule has 0 aromatic heterocycles. The SMILES string of the molecule is FC1(F)C=CCOC1c1ccccc1. The van der Waals surface area contributed by atoms with Crippen LogP contribution < -0.4 is 0 Å². The highest BCUT2D eigenvalue weighted by Gasteiger charge is 2.40. The van der Waals surface area contributed by atoms with E-state index in [1.807, 2.05) is 0 Å². The molecule has 0 spiro atoms. The molecule has 1 aromatic carbocycles. The van der Waals surface area contributed by atoms with Crippen molar-refractivity contribution < 1.29 is 13.5 Å². The van der Waals surface area contributed by atoms with Crippen LogP contribution in [0.2, 0.25) is 0 Å². The van der Waals surface area contributed by atoms with E-state index in [0.29, 0.717) is 5.56 Å². The van der Waals surface area contributed by atoms with Crippen molar-refractivity contribution in [2.75, 3.05) is 6.61 Å². The molecule has 0 saturated heterocycles. The van der Waals surface area contributed by atoms with E-state index in [0.717, 1.165) is 6.08 Å². The molecule has 1 atom stereocenters. The zero-order valence-corrected chi connectivity index (χ0v) is 7.49. The van der Waals surface area contributed by atoms with Gasteiger partial charge in [0.1, 0.15) is 0 Å². The first kappa shape index (κ1) is 9.34. The summed E-state index contributed by atoms with van der Waals surface area (Å²) in [4.78, 5) is 0. The predicted octanol–water partition coefficient (Wildman–Crippen LogP) is 2.95. The number of halogens is 2. The summed E-state index contributed by atoms with van der Waals surface area (Å²) < 4.78 is 31.7. The topological polar surface area (TPSA) is 9.23 Å². The highest BCUT2D eigenvalue weighted by Crippen LogP contribution is 2.37. The van der Waals surface area contributed by atoms with Crippen molar-refractivity contribution in [2.24, 2.45) is 0 Å². The van der Waals surface area contributed by atoms with Gasteiger partial charge in [0.25, 0.3) is 5.92 Å². The Morgan fingerprint density at radius 3 is 2.57 bits per heavy atom. The molecular formula is C11H10F2O. The van der Waals surface area contributed by atoms with Gasteiger partial charge in [-0.1, -0.05) is 36.4 Å². The van der Waals surface area contributed by atoms with Gasteiger partial charge in [0.2, 0.25) is 0 Å². The van der Waals surface area contributed by atoms with Crippen LogP contribution >= 0.6 is 0 Å². The Morgan fingerprint density at radius 1 is 1.21 bits per heavy atom. The molecule has 1 nitrogen and oxygen atoms in total. The normalized spacial score (nSPS) is 24.9. The van der Waals surface area contributed by atoms with Gasteiger partial charge in [0.05, 0.1) is 6.61 Å². The Kier molecular flexibility index (Phi) is 2.33. The standard InChI is InChI=1S/C11H10F2O/c12-11(13)7-4-8-14-10(11)9-5-2-1-3-6-9/h1-7,10H,8H2. The van der Waals surface area contributed by atoms with Crippen LogP contribution in [0.4, 0.5) is 8.78 Å².